The Kier molecular flexibility index (Phi) is 4.79. The first-order valence-electron chi connectivity index (χ1n) is 7.32. The number of hydrogen-bond donors (Lipinski definition) is 2. The Morgan fingerprint density at radius 3 is 2.83 bits per heavy atom. The molecule has 2 aromatic carbocycles. The van der Waals surface area contributed by atoms with Crippen LogP contribution in [-0.4, -0.2) is 17.4 Å². The van der Waals surface area contributed by atoms with Gasteiger partial charge in [-0.25, -0.2) is 0 Å². The second kappa shape index (κ2) is 6.98. The van der Waals surface area contributed by atoms with Crippen molar-refractivity contribution in [2.24, 2.45) is 10.8 Å². The number of para-hydroxylation sites is 1. The summed E-state index contributed by atoms with van der Waals surface area (Å²) in [5.41, 5.74) is 11.6. The number of nitrogens with zero attached hydrogens (tertiary/aromatic N) is 2. The van der Waals surface area contributed by atoms with Gasteiger partial charge >= 0.3 is 0 Å². The molecule has 1 atom stereocenters. The van der Waals surface area contributed by atoms with Crippen LogP contribution in [0.5, 0.6) is 0 Å². The number of fused-ring (bicyclic) bond motifs is 1. The van der Waals surface area contributed by atoms with Gasteiger partial charge in [0.1, 0.15) is 0 Å². The summed E-state index contributed by atoms with van der Waals surface area (Å²) in [6, 6.07) is 16.4. The van der Waals surface area contributed by atoms with E-state index in [0.717, 1.165) is 23.6 Å². The quantitative estimate of drug-likeness (QED) is 0.508. The minimum atomic E-state index is 0.130. The zero-order valence-electron chi connectivity index (χ0n) is 12.4. The number of rotatable bonds is 4. The summed E-state index contributed by atoms with van der Waals surface area (Å²) in [5, 5.41) is 5.07. The highest BCUT2D eigenvalue weighted by atomic mass is 35.5. The van der Waals surface area contributed by atoms with Crippen molar-refractivity contribution in [3.8, 4) is 0 Å². The van der Waals surface area contributed by atoms with E-state index in [-0.39, 0.29) is 11.2 Å². The number of nitrogens with two attached hydrogens (primary N) is 1. The lowest BCUT2D eigenvalue weighted by Crippen LogP contribution is -2.34. The molecular formula is C17H17ClN4S. The van der Waals surface area contributed by atoms with Gasteiger partial charge in [-0.15, -0.1) is 0 Å². The Morgan fingerprint density at radius 2 is 2.04 bits per heavy atom. The van der Waals surface area contributed by atoms with Gasteiger partial charge in [-0.1, -0.05) is 48.0 Å². The molecule has 23 heavy (non-hydrogen) atoms. The zero-order chi connectivity index (χ0) is 16.2. The van der Waals surface area contributed by atoms with Crippen LogP contribution in [-0.2, 0) is 13.0 Å². The normalized spacial score (nSPS) is 16.6. The fourth-order valence-corrected chi connectivity index (χ4v) is 3.06. The van der Waals surface area contributed by atoms with E-state index in [0.29, 0.717) is 0 Å². The fraction of sp³-hybridized carbons (Fsp3) is 0.176. The highest BCUT2D eigenvalue weighted by molar-refractivity contribution is 7.80. The molecule has 0 spiro atoms. The van der Waals surface area contributed by atoms with E-state index in [9.17, 15) is 0 Å². The van der Waals surface area contributed by atoms with E-state index in [4.69, 9.17) is 29.6 Å². The Hall–Kier alpha value is -2.11. The summed E-state index contributed by atoms with van der Waals surface area (Å²) in [4.78, 5) is 2.29. The molecule has 0 fully saturated rings. The molecule has 0 aliphatic carbocycles. The van der Waals surface area contributed by atoms with Crippen molar-refractivity contribution >= 4 is 40.8 Å². The maximum atomic E-state index is 6.32. The second-order valence-electron chi connectivity index (χ2n) is 5.37. The maximum Gasteiger partial charge on any atom is 0.184 e. The summed E-state index contributed by atoms with van der Waals surface area (Å²) in [5.74, 6) is 0. The highest BCUT2D eigenvalue weighted by Crippen LogP contribution is 2.33. The van der Waals surface area contributed by atoms with Crippen molar-refractivity contribution in [3.63, 3.8) is 0 Å². The molecule has 6 heteroatoms. The van der Waals surface area contributed by atoms with Crippen LogP contribution in [0.3, 0.4) is 0 Å². The predicted molar refractivity (Wildman–Crippen MR) is 100.0 cm³/mol. The molecule has 0 aromatic heterocycles. The van der Waals surface area contributed by atoms with E-state index < -0.39 is 0 Å². The molecule has 0 amide bonds. The predicted octanol–water partition coefficient (Wildman–Crippen LogP) is 3.09. The summed E-state index contributed by atoms with van der Waals surface area (Å²) >= 11 is 11.1. The molecule has 0 saturated carbocycles. The third-order valence-corrected chi connectivity index (χ3v) is 4.31. The molecule has 0 saturated heterocycles. The van der Waals surface area contributed by atoms with Crippen molar-refractivity contribution in [3.05, 3.63) is 64.7 Å². The number of thiocarbonyl (C=S) groups is 1. The third kappa shape index (κ3) is 3.63. The van der Waals surface area contributed by atoms with E-state index in [1.807, 2.05) is 36.5 Å². The lowest BCUT2D eigenvalue weighted by molar-refractivity contribution is 0.760. The van der Waals surface area contributed by atoms with Crippen LogP contribution >= 0.6 is 23.8 Å². The zero-order valence-corrected chi connectivity index (χ0v) is 14.0. The first-order chi connectivity index (χ1) is 11.1. The SMILES string of the molecule is NC(=S)N/N=C/[C@@H]1Cc2ccccc2N1Cc1ccccc1Cl. The van der Waals surface area contributed by atoms with Crippen LogP contribution in [0.25, 0.3) is 0 Å². The molecule has 118 valence electrons. The number of hydrogen-bond acceptors (Lipinski definition) is 3. The minimum Gasteiger partial charge on any atom is -0.375 e. The van der Waals surface area contributed by atoms with E-state index in [1.165, 1.54) is 11.3 Å². The average molecular weight is 345 g/mol. The number of benzene rings is 2. The van der Waals surface area contributed by atoms with Crippen molar-refractivity contribution in [2.45, 2.75) is 19.0 Å². The van der Waals surface area contributed by atoms with Crippen LogP contribution in [0.2, 0.25) is 5.02 Å². The molecule has 2 aromatic rings. The van der Waals surface area contributed by atoms with Gasteiger partial charge in [0.25, 0.3) is 0 Å². The van der Waals surface area contributed by atoms with Gasteiger partial charge < -0.3 is 10.6 Å². The average Bonchev–Trinajstić information content (AvgIpc) is 2.87. The summed E-state index contributed by atoms with van der Waals surface area (Å²) in [6.07, 6.45) is 2.74. The van der Waals surface area contributed by atoms with Crippen molar-refractivity contribution in [2.75, 3.05) is 4.90 Å². The van der Waals surface area contributed by atoms with Crippen LogP contribution in [0.15, 0.2) is 53.6 Å². The molecule has 3 rings (SSSR count). The summed E-state index contributed by atoms with van der Waals surface area (Å²) < 4.78 is 0. The first kappa shape index (κ1) is 15.8. The van der Waals surface area contributed by atoms with Crippen LogP contribution in [0.4, 0.5) is 5.69 Å². The van der Waals surface area contributed by atoms with E-state index in [2.05, 4.69) is 33.6 Å². The molecule has 0 radical (unpaired) electrons. The van der Waals surface area contributed by atoms with Gasteiger partial charge in [-0.2, -0.15) is 5.10 Å². The Bertz CT molecular complexity index is 747. The lowest BCUT2D eigenvalue weighted by atomic mass is 10.1. The standard InChI is InChI=1S/C17H17ClN4S/c18-15-7-3-1-6-13(15)11-22-14(10-20-21-17(19)23)9-12-5-2-4-8-16(12)22/h1-8,10,14H,9,11H2,(H3,19,21,23)/b20-10+/t14-/m0/s1. The summed E-state index contributed by atoms with van der Waals surface area (Å²) in [7, 11) is 0. The highest BCUT2D eigenvalue weighted by Gasteiger charge is 2.28. The lowest BCUT2D eigenvalue weighted by Gasteiger charge is -2.25. The van der Waals surface area contributed by atoms with E-state index >= 15 is 0 Å². The van der Waals surface area contributed by atoms with Crippen molar-refractivity contribution in [1.82, 2.24) is 5.43 Å². The van der Waals surface area contributed by atoms with Crippen molar-refractivity contribution in [1.29, 1.82) is 0 Å². The molecule has 4 nitrogen and oxygen atoms in total. The Balaban J connectivity index is 1.87. The largest absolute Gasteiger partial charge is 0.375 e. The number of halogens is 1. The molecule has 1 aliphatic heterocycles. The number of nitrogens with one attached hydrogen (secondary N) is 1. The van der Waals surface area contributed by atoms with Crippen LogP contribution in [0.1, 0.15) is 11.1 Å². The first-order valence-corrected chi connectivity index (χ1v) is 8.10. The van der Waals surface area contributed by atoms with Crippen LogP contribution < -0.4 is 16.1 Å². The minimum absolute atomic E-state index is 0.130. The molecule has 0 unspecified atom stereocenters. The fourth-order valence-electron chi connectivity index (χ4n) is 2.81. The molecular weight excluding hydrogens is 328 g/mol. The molecule has 3 N–H and O–H groups in total. The number of hydrazone groups is 1. The Labute approximate surface area is 145 Å². The Morgan fingerprint density at radius 1 is 1.30 bits per heavy atom. The molecule has 1 aliphatic rings. The van der Waals surface area contributed by atoms with Gasteiger partial charge in [-0.3, -0.25) is 5.43 Å². The summed E-state index contributed by atoms with van der Waals surface area (Å²) in [6.45, 7) is 0.723. The third-order valence-electron chi connectivity index (χ3n) is 3.85. The molecule has 0 bridgehead atoms. The number of anilines is 1. The maximum absolute atomic E-state index is 6.32. The monoisotopic (exact) mass is 344 g/mol. The topological polar surface area (TPSA) is 53.6 Å². The smallest absolute Gasteiger partial charge is 0.184 e. The van der Waals surface area contributed by atoms with Crippen molar-refractivity contribution < 1.29 is 0 Å². The van der Waals surface area contributed by atoms with Gasteiger partial charge in [0, 0.05) is 23.5 Å². The van der Waals surface area contributed by atoms with Gasteiger partial charge in [0.05, 0.1) is 6.04 Å². The second-order valence-corrected chi connectivity index (χ2v) is 6.22. The molecule has 1 heterocycles. The van der Waals surface area contributed by atoms with Gasteiger partial charge in [0.2, 0.25) is 0 Å². The van der Waals surface area contributed by atoms with E-state index in [1.54, 1.807) is 0 Å². The van der Waals surface area contributed by atoms with Gasteiger partial charge in [0.15, 0.2) is 5.11 Å². The van der Waals surface area contributed by atoms with Crippen LogP contribution in [0, 0.1) is 0 Å². The van der Waals surface area contributed by atoms with Gasteiger partial charge in [-0.05, 0) is 41.9 Å².